The van der Waals surface area contributed by atoms with Crippen molar-refractivity contribution in [2.45, 2.75) is 69.9 Å². The molecule has 0 saturated carbocycles. The molecule has 4 rings (SSSR count). The van der Waals surface area contributed by atoms with Crippen LogP contribution < -0.4 is 9.47 Å². The van der Waals surface area contributed by atoms with Crippen molar-refractivity contribution in [3.63, 3.8) is 0 Å². The van der Waals surface area contributed by atoms with Gasteiger partial charge in [0.05, 0.1) is 11.8 Å². The van der Waals surface area contributed by atoms with Crippen molar-refractivity contribution in [1.82, 2.24) is 0 Å². The minimum absolute atomic E-state index is 0.0822. The van der Waals surface area contributed by atoms with Crippen molar-refractivity contribution in [1.29, 1.82) is 0 Å². The average Bonchev–Trinajstić information content (AvgIpc) is 3.00. The second-order valence-corrected chi connectivity index (χ2v) is 18.0. The van der Waals surface area contributed by atoms with E-state index in [1.807, 2.05) is 12.1 Å². The molecule has 0 N–H and O–H groups in total. The third-order valence-corrected chi connectivity index (χ3v) is 13.7. The molecule has 8 heteroatoms. The number of alkyl halides is 2. The minimum atomic E-state index is -1.73. The van der Waals surface area contributed by atoms with E-state index in [0.29, 0.717) is 11.5 Å². The highest BCUT2D eigenvalue weighted by molar-refractivity contribution is 6.74. The van der Waals surface area contributed by atoms with Gasteiger partial charge in [0, 0.05) is 43.1 Å². The summed E-state index contributed by atoms with van der Waals surface area (Å²) in [6, 6.07) is 19.1. The molecule has 0 bridgehead atoms. The Morgan fingerprint density at radius 2 is 1.27 bits per heavy atom. The summed E-state index contributed by atoms with van der Waals surface area (Å²) < 4.78 is 29.6. The number of hydrogen-bond acceptors (Lipinski definition) is 5. The number of halogens is 2. The van der Waals surface area contributed by atoms with E-state index >= 15 is 0 Å². The number of rotatable bonds is 15. The van der Waals surface area contributed by atoms with Crippen molar-refractivity contribution < 1.29 is 23.4 Å². The molecule has 238 valence electrons. The van der Waals surface area contributed by atoms with E-state index in [1.54, 1.807) is 14.2 Å². The number of aryl methyl sites for hydroxylation is 1. The highest BCUT2D eigenvalue weighted by Crippen LogP contribution is 2.49. The standard InChI is InChI=1S/C36H46Cl2O5Si/c1-36(2,3)44(6,7)43-17-11-10-12-25-15-16-31-27(18-25)20-29(22-38)35(42-24-40-5)33(31)32-30-14-9-8-13-26(30)19-28(21-37)34(32)41-23-39-4/h8-9,13-16,18-20H,10-12,17,21-24H2,1-7H3. The predicted octanol–water partition coefficient (Wildman–Crippen LogP) is 10.4. The zero-order valence-corrected chi connectivity index (χ0v) is 29.7. The van der Waals surface area contributed by atoms with E-state index < -0.39 is 8.32 Å². The molecular weight excluding hydrogens is 611 g/mol. The van der Waals surface area contributed by atoms with E-state index in [0.717, 1.165) is 69.7 Å². The fourth-order valence-electron chi connectivity index (χ4n) is 5.27. The second-order valence-electron chi connectivity index (χ2n) is 12.7. The van der Waals surface area contributed by atoms with Gasteiger partial charge in [-0.05, 0) is 76.6 Å². The Balaban J connectivity index is 1.82. The molecule has 0 fully saturated rings. The van der Waals surface area contributed by atoms with Gasteiger partial charge in [0.1, 0.15) is 11.5 Å². The third-order valence-electron chi connectivity index (χ3n) is 8.62. The molecule has 4 aromatic carbocycles. The Hall–Kier alpha value is -2.32. The molecule has 44 heavy (non-hydrogen) atoms. The number of unbranched alkanes of at least 4 members (excludes halogenated alkanes) is 1. The van der Waals surface area contributed by atoms with Gasteiger partial charge in [0.2, 0.25) is 0 Å². The number of hydrogen-bond donors (Lipinski definition) is 0. The minimum Gasteiger partial charge on any atom is -0.467 e. The van der Waals surface area contributed by atoms with Crippen LogP contribution in [0, 0.1) is 0 Å². The van der Waals surface area contributed by atoms with Gasteiger partial charge in [-0.2, -0.15) is 0 Å². The Morgan fingerprint density at radius 1 is 0.705 bits per heavy atom. The van der Waals surface area contributed by atoms with E-state index in [2.05, 4.69) is 76.3 Å². The van der Waals surface area contributed by atoms with Gasteiger partial charge in [0.15, 0.2) is 21.9 Å². The Labute approximate surface area is 273 Å². The van der Waals surface area contributed by atoms with Crippen LogP contribution >= 0.6 is 23.2 Å². The summed E-state index contributed by atoms with van der Waals surface area (Å²) in [7, 11) is 1.49. The summed E-state index contributed by atoms with van der Waals surface area (Å²) in [6.07, 6.45) is 3.06. The molecule has 0 aliphatic rings. The lowest BCUT2D eigenvalue weighted by atomic mass is 9.88. The second kappa shape index (κ2) is 15.3. The van der Waals surface area contributed by atoms with Gasteiger partial charge in [0.25, 0.3) is 0 Å². The predicted molar refractivity (Wildman–Crippen MR) is 187 cm³/mol. The molecule has 0 atom stereocenters. The highest BCUT2D eigenvalue weighted by atomic mass is 35.5. The van der Waals surface area contributed by atoms with Gasteiger partial charge in [-0.25, -0.2) is 0 Å². The summed E-state index contributed by atoms with van der Waals surface area (Å²) in [6.45, 7) is 12.4. The lowest BCUT2D eigenvalue weighted by Crippen LogP contribution is -2.40. The Morgan fingerprint density at radius 3 is 1.84 bits per heavy atom. The van der Waals surface area contributed by atoms with Crippen molar-refractivity contribution in [2.24, 2.45) is 0 Å². The molecule has 0 spiro atoms. The number of fused-ring (bicyclic) bond motifs is 2. The zero-order chi connectivity index (χ0) is 31.9. The first-order valence-corrected chi connectivity index (χ1v) is 19.2. The fraction of sp³-hybridized carbons (Fsp3) is 0.444. The zero-order valence-electron chi connectivity index (χ0n) is 27.2. The maximum absolute atomic E-state index is 6.59. The van der Waals surface area contributed by atoms with Crippen LogP contribution in [0.1, 0.15) is 50.3 Å². The number of ether oxygens (including phenoxy) is 4. The molecule has 0 saturated heterocycles. The fourth-order valence-corrected chi connectivity index (χ4v) is 6.76. The van der Waals surface area contributed by atoms with Crippen molar-refractivity contribution in [2.75, 3.05) is 34.4 Å². The highest BCUT2D eigenvalue weighted by Gasteiger charge is 2.36. The number of methoxy groups -OCH3 is 2. The van der Waals surface area contributed by atoms with E-state index in [-0.39, 0.29) is 30.4 Å². The molecule has 0 heterocycles. The van der Waals surface area contributed by atoms with Gasteiger partial charge in [-0.15, -0.1) is 23.2 Å². The van der Waals surface area contributed by atoms with Gasteiger partial charge < -0.3 is 23.4 Å². The third kappa shape index (κ3) is 7.72. The molecule has 5 nitrogen and oxygen atoms in total. The van der Waals surface area contributed by atoms with Gasteiger partial charge in [-0.1, -0.05) is 63.2 Å². The van der Waals surface area contributed by atoms with E-state index in [9.17, 15) is 0 Å². The van der Waals surface area contributed by atoms with Crippen LogP contribution in [0.25, 0.3) is 32.7 Å². The van der Waals surface area contributed by atoms with Crippen LogP contribution in [0.4, 0.5) is 0 Å². The maximum Gasteiger partial charge on any atom is 0.191 e. The molecule has 0 aliphatic carbocycles. The lowest BCUT2D eigenvalue weighted by molar-refractivity contribution is 0.0496. The van der Waals surface area contributed by atoms with Crippen LogP contribution in [-0.4, -0.2) is 42.7 Å². The molecule has 0 unspecified atom stereocenters. The topological polar surface area (TPSA) is 46.2 Å². The molecule has 4 aromatic rings. The van der Waals surface area contributed by atoms with Gasteiger partial charge in [-0.3, -0.25) is 0 Å². The van der Waals surface area contributed by atoms with Crippen molar-refractivity contribution in [3.05, 3.63) is 71.3 Å². The van der Waals surface area contributed by atoms with Crippen LogP contribution in [0.2, 0.25) is 18.1 Å². The van der Waals surface area contributed by atoms with E-state index in [4.69, 9.17) is 46.6 Å². The summed E-state index contributed by atoms with van der Waals surface area (Å²) in [5.74, 6) is 1.89. The molecule has 0 amide bonds. The normalized spacial score (nSPS) is 12.3. The number of benzene rings is 4. The van der Waals surface area contributed by atoms with E-state index in [1.165, 1.54) is 5.56 Å². The van der Waals surface area contributed by atoms with Crippen molar-refractivity contribution >= 4 is 53.1 Å². The summed E-state index contributed by atoms with van der Waals surface area (Å²) in [5.41, 5.74) is 4.82. The monoisotopic (exact) mass is 656 g/mol. The summed E-state index contributed by atoms with van der Waals surface area (Å²) >= 11 is 13.1. The smallest absolute Gasteiger partial charge is 0.191 e. The Bertz CT molecular complexity index is 1560. The maximum atomic E-state index is 6.59. The molecule has 0 aliphatic heterocycles. The first kappa shape index (κ1) is 34.5. The molecule has 0 aromatic heterocycles. The molecular formula is C36H46Cl2O5Si. The first-order valence-electron chi connectivity index (χ1n) is 15.2. The summed E-state index contributed by atoms with van der Waals surface area (Å²) in [5, 5.41) is 4.43. The van der Waals surface area contributed by atoms with Crippen LogP contribution in [0.15, 0.2) is 54.6 Å². The van der Waals surface area contributed by atoms with Gasteiger partial charge >= 0.3 is 0 Å². The SMILES string of the molecule is COCOc1c(CCl)cc2ccccc2c1-c1c(OCOC)c(CCl)cc2cc(CCCCO[Si](C)(C)C(C)(C)C)ccc12. The average molecular weight is 658 g/mol. The first-order chi connectivity index (χ1) is 21.1. The molecule has 0 radical (unpaired) electrons. The summed E-state index contributed by atoms with van der Waals surface area (Å²) in [4.78, 5) is 0. The Kier molecular flexibility index (Phi) is 12.0. The lowest BCUT2D eigenvalue weighted by Gasteiger charge is -2.36. The van der Waals surface area contributed by atoms with Crippen LogP contribution in [-0.2, 0) is 32.1 Å². The van der Waals surface area contributed by atoms with Crippen LogP contribution in [0.3, 0.4) is 0 Å². The van der Waals surface area contributed by atoms with Crippen LogP contribution in [0.5, 0.6) is 11.5 Å². The quantitative estimate of drug-likeness (QED) is 0.0551. The largest absolute Gasteiger partial charge is 0.467 e. The van der Waals surface area contributed by atoms with Crippen molar-refractivity contribution in [3.8, 4) is 22.6 Å².